The van der Waals surface area contributed by atoms with Gasteiger partial charge < -0.3 is 4.74 Å². The van der Waals surface area contributed by atoms with Crippen LogP contribution in [-0.4, -0.2) is 12.1 Å². The van der Waals surface area contributed by atoms with Crippen LogP contribution in [0.5, 0.6) is 0 Å². The van der Waals surface area contributed by atoms with Gasteiger partial charge in [0.15, 0.2) is 0 Å². The average Bonchev–Trinajstić information content (AvgIpc) is 2.63. The molecule has 2 aromatic carbocycles. The summed E-state index contributed by atoms with van der Waals surface area (Å²) in [6.45, 7) is 6.07. The highest BCUT2D eigenvalue weighted by Crippen LogP contribution is 2.52. The van der Waals surface area contributed by atoms with Crippen LogP contribution in [0.25, 0.3) is 0 Å². The average molecular weight is 336 g/mol. The summed E-state index contributed by atoms with van der Waals surface area (Å²) in [4.78, 5) is 11.6. The normalized spacial score (nSPS) is 25.3. The summed E-state index contributed by atoms with van der Waals surface area (Å²) < 4.78 is 5.69. The van der Waals surface area contributed by atoms with E-state index in [4.69, 9.17) is 4.74 Å². The van der Waals surface area contributed by atoms with Crippen LogP contribution in [0, 0.1) is 11.8 Å². The Morgan fingerprint density at radius 1 is 1.04 bits per heavy atom. The Bertz CT molecular complexity index is 653. The van der Waals surface area contributed by atoms with Crippen LogP contribution in [0.2, 0.25) is 0 Å². The lowest BCUT2D eigenvalue weighted by molar-refractivity contribution is -0.154. The Balaban J connectivity index is 2.09. The zero-order chi connectivity index (χ0) is 17.9. The Morgan fingerprint density at radius 3 is 2.00 bits per heavy atom. The van der Waals surface area contributed by atoms with Crippen LogP contribution in [0.4, 0.5) is 0 Å². The minimum Gasteiger partial charge on any atom is -0.462 e. The van der Waals surface area contributed by atoms with Crippen LogP contribution < -0.4 is 0 Å². The second-order valence-corrected chi connectivity index (χ2v) is 7.25. The molecule has 2 aromatic rings. The molecule has 0 heterocycles. The molecule has 2 heteroatoms. The minimum absolute atomic E-state index is 0.0260. The third-order valence-electron chi connectivity index (χ3n) is 6.09. The van der Waals surface area contributed by atoms with E-state index in [1.165, 1.54) is 18.1 Å². The van der Waals surface area contributed by atoms with Gasteiger partial charge in [0.1, 0.15) is 6.10 Å². The quantitative estimate of drug-likeness (QED) is 0.703. The van der Waals surface area contributed by atoms with E-state index in [0.717, 1.165) is 19.3 Å². The zero-order valence-corrected chi connectivity index (χ0v) is 15.4. The highest BCUT2D eigenvalue weighted by Gasteiger charge is 2.49. The molecule has 0 spiro atoms. The first-order valence-corrected chi connectivity index (χ1v) is 9.38. The van der Waals surface area contributed by atoms with Crippen LogP contribution >= 0.6 is 0 Å². The largest absolute Gasteiger partial charge is 0.462 e. The molecule has 0 N–H and O–H groups in total. The molecule has 0 aliphatic heterocycles. The molecule has 1 fully saturated rings. The second kappa shape index (κ2) is 7.43. The van der Waals surface area contributed by atoms with E-state index in [1.807, 2.05) is 0 Å². The number of esters is 1. The minimum atomic E-state index is -0.164. The number of benzene rings is 2. The molecule has 3 unspecified atom stereocenters. The summed E-state index contributed by atoms with van der Waals surface area (Å²) in [6, 6.07) is 21.7. The number of ether oxygens (including phenoxy) is 1. The Hall–Kier alpha value is -2.09. The number of rotatable bonds is 4. The molecule has 0 bridgehead atoms. The van der Waals surface area contributed by atoms with E-state index in [9.17, 15) is 4.79 Å². The van der Waals surface area contributed by atoms with Crippen molar-refractivity contribution < 1.29 is 9.53 Å². The van der Waals surface area contributed by atoms with Gasteiger partial charge in [0.25, 0.3) is 0 Å². The maximum atomic E-state index is 11.6. The molecule has 0 saturated heterocycles. The Morgan fingerprint density at radius 2 is 1.56 bits per heavy atom. The van der Waals surface area contributed by atoms with Gasteiger partial charge in [0.05, 0.1) is 0 Å². The lowest BCUT2D eigenvalue weighted by atomic mass is 9.55. The SMILES string of the molecule is CCC1C(OC(C)=O)CCC(c2ccccc2)(c2ccccc2)C1C. The Labute approximate surface area is 151 Å². The number of carbonyl (C=O) groups is 1. The highest BCUT2D eigenvalue weighted by molar-refractivity contribution is 5.66. The molecule has 1 saturated carbocycles. The summed E-state index contributed by atoms with van der Waals surface area (Å²) >= 11 is 0. The van der Waals surface area contributed by atoms with Crippen molar-refractivity contribution >= 4 is 5.97 Å². The maximum absolute atomic E-state index is 11.6. The first-order valence-electron chi connectivity index (χ1n) is 9.38. The van der Waals surface area contributed by atoms with Crippen molar-refractivity contribution in [1.82, 2.24) is 0 Å². The topological polar surface area (TPSA) is 26.3 Å². The fourth-order valence-corrected chi connectivity index (χ4v) is 4.93. The molecule has 0 amide bonds. The smallest absolute Gasteiger partial charge is 0.302 e. The first kappa shape index (κ1) is 17.7. The van der Waals surface area contributed by atoms with Crippen molar-refractivity contribution in [2.75, 3.05) is 0 Å². The van der Waals surface area contributed by atoms with Gasteiger partial charge in [-0.2, -0.15) is 0 Å². The van der Waals surface area contributed by atoms with E-state index in [0.29, 0.717) is 11.8 Å². The van der Waals surface area contributed by atoms with Crippen molar-refractivity contribution in [1.29, 1.82) is 0 Å². The summed E-state index contributed by atoms with van der Waals surface area (Å²) in [5.74, 6) is 0.584. The molecule has 1 aliphatic rings. The Kier molecular flexibility index (Phi) is 5.27. The molecule has 132 valence electrons. The van der Waals surface area contributed by atoms with Gasteiger partial charge in [-0.3, -0.25) is 4.79 Å². The lowest BCUT2D eigenvalue weighted by Gasteiger charge is -2.50. The third kappa shape index (κ3) is 3.22. The molecule has 3 rings (SSSR count). The van der Waals surface area contributed by atoms with Crippen LogP contribution in [-0.2, 0) is 14.9 Å². The molecular weight excluding hydrogens is 308 g/mol. The van der Waals surface area contributed by atoms with Crippen molar-refractivity contribution in [3.05, 3.63) is 71.8 Å². The third-order valence-corrected chi connectivity index (χ3v) is 6.09. The van der Waals surface area contributed by atoms with Crippen molar-refractivity contribution in [3.8, 4) is 0 Å². The van der Waals surface area contributed by atoms with Crippen LogP contribution in [0.15, 0.2) is 60.7 Å². The highest BCUT2D eigenvalue weighted by atomic mass is 16.5. The van der Waals surface area contributed by atoms with Gasteiger partial charge in [0.2, 0.25) is 0 Å². The second-order valence-electron chi connectivity index (χ2n) is 7.25. The lowest BCUT2D eigenvalue weighted by Crippen LogP contribution is -2.48. The summed E-state index contributed by atoms with van der Waals surface area (Å²) in [5, 5.41) is 0. The van der Waals surface area contributed by atoms with Crippen molar-refractivity contribution in [2.24, 2.45) is 11.8 Å². The van der Waals surface area contributed by atoms with Crippen molar-refractivity contribution in [3.63, 3.8) is 0 Å². The molecule has 0 aromatic heterocycles. The van der Waals surface area contributed by atoms with Gasteiger partial charge >= 0.3 is 5.97 Å². The molecule has 25 heavy (non-hydrogen) atoms. The van der Waals surface area contributed by atoms with Gasteiger partial charge in [-0.05, 0) is 42.2 Å². The van der Waals surface area contributed by atoms with E-state index >= 15 is 0 Å². The fraction of sp³-hybridized carbons (Fsp3) is 0.435. The van der Waals surface area contributed by atoms with Gasteiger partial charge in [0, 0.05) is 12.3 Å². The van der Waals surface area contributed by atoms with E-state index in [2.05, 4.69) is 74.5 Å². The maximum Gasteiger partial charge on any atom is 0.302 e. The van der Waals surface area contributed by atoms with E-state index < -0.39 is 0 Å². The number of hydrogen-bond acceptors (Lipinski definition) is 2. The molecule has 3 atom stereocenters. The molecule has 1 aliphatic carbocycles. The first-order chi connectivity index (χ1) is 12.1. The van der Waals surface area contributed by atoms with Gasteiger partial charge in [-0.25, -0.2) is 0 Å². The number of hydrogen-bond donors (Lipinski definition) is 0. The predicted molar refractivity (Wildman–Crippen MR) is 101 cm³/mol. The molecular formula is C23H28O2. The van der Waals surface area contributed by atoms with E-state index in [-0.39, 0.29) is 17.5 Å². The predicted octanol–water partition coefficient (Wildman–Crippen LogP) is 5.36. The monoisotopic (exact) mass is 336 g/mol. The summed E-state index contributed by atoms with van der Waals surface area (Å²) in [6.07, 6.45) is 2.95. The zero-order valence-electron chi connectivity index (χ0n) is 15.4. The van der Waals surface area contributed by atoms with E-state index in [1.54, 1.807) is 0 Å². The standard InChI is InChI=1S/C23H28O2/c1-4-21-17(2)23(19-11-7-5-8-12-19,20-13-9-6-10-14-20)16-15-22(21)25-18(3)24/h5-14,17,21-22H,4,15-16H2,1-3H3. The van der Waals surface area contributed by atoms with Crippen LogP contribution in [0.1, 0.15) is 51.2 Å². The number of carbonyl (C=O) groups excluding carboxylic acids is 1. The molecule has 2 nitrogen and oxygen atoms in total. The van der Waals surface area contributed by atoms with Gasteiger partial charge in [-0.1, -0.05) is 74.5 Å². The van der Waals surface area contributed by atoms with Crippen molar-refractivity contribution in [2.45, 2.75) is 51.6 Å². The fourth-order valence-electron chi connectivity index (χ4n) is 4.93. The summed E-state index contributed by atoms with van der Waals surface area (Å²) in [5.41, 5.74) is 2.71. The van der Waals surface area contributed by atoms with Crippen LogP contribution in [0.3, 0.4) is 0 Å². The van der Waals surface area contributed by atoms with Gasteiger partial charge in [-0.15, -0.1) is 0 Å². The molecule has 0 radical (unpaired) electrons. The summed E-state index contributed by atoms with van der Waals surface area (Å²) in [7, 11) is 0.